The number of nitrogens with one attached hydrogen (secondary N) is 1. The van der Waals surface area contributed by atoms with Gasteiger partial charge in [0.15, 0.2) is 13.1 Å². The molecule has 0 bridgehead atoms. The van der Waals surface area contributed by atoms with Crippen molar-refractivity contribution in [2.75, 3.05) is 31.8 Å². The average Bonchev–Trinajstić information content (AvgIpc) is 3.35. The van der Waals surface area contributed by atoms with E-state index < -0.39 is 19.2 Å². The number of anilines is 1. The number of likely N-dealkylation sites (tertiary alicyclic amines) is 1. The zero-order chi connectivity index (χ0) is 27.9. The minimum Gasteiger partial charge on any atom is -0.432 e. The molecule has 0 aromatic carbocycles. The molecule has 1 aromatic heterocycles. The summed E-state index contributed by atoms with van der Waals surface area (Å²) in [5.41, 5.74) is 2.03. The predicted molar refractivity (Wildman–Crippen MR) is 153 cm³/mol. The number of allylic oxidation sites excluding steroid dienone is 2. The van der Waals surface area contributed by atoms with Crippen LogP contribution >= 0.6 is 11.3 Å². The van der Waals surface area contributed by atoms with Crippen molar-refractivity contribution in [2.24, 2.45) is 11.8 Å². The van der Waals surface area contributed by atoms with Gasteiger partial charge in [0.05, 0.1) is 36.8 Å². The highest BCUT2D eigenvalue weighted by Crippen LogP contribution is 2.43. The Labute approximate surface area is 237 Å². The van der Waals surface area contributed by atoms with E-state index in [4.69, 9.17) is 14.2 Å². The number of carbonyl (C=O) groups is 2. The second kappa shape index (κ2) is 14.1. The number of nitrogens with zero attached hydrogens (tertiary/aromatic N) is 1. The first-order chi connectivity index (χ1) is 18.7. The zero-order valence-electron chi connectivity index (χ0n) is 24.1. The first-order valence-corrected chi connectivity index (χ1v) is 15.6. The van der Waals surface area contributed by atoms with Crippen LogP contribution in [0.3, 0.4) is 0 Å². The molecule has 1 saturated carbocycles. The molecule has 1 atom stereocenters. The van der Waals surface area contributed by atoms with Crippen molar-refractivity contribution in [1.82, 2.24) is 0 Å². The van der Waals surface area contributed by atoms with Crippen LogP contribution in [0.15, 0.2) is 12.1 Å². The first-order valence-electron chi connectivity index (χ1n) is 14.8. The predicted octanol–water partition coefficient (Wildman–Crippen LogP) is 5.07. The highest BCUT2D eigenvalue weighted by molar-refractivity contribution is 7.13. The number of aliphatic hydroxyl groups excluding tert-OH is 1. The lowest BCUT2D eigenvalue weighted by molar-refractivity contribution is -0.884. The van der Waals surface area contributed by atoms with Gasteiger partial charge in [0.2, 0.25) is 5.91 Å². The van der Waals surface area contributed by atoms with E-state index in [0.29, 0.717) is 10.8 Å². The number of hydrogen-bond acceptors (Lipinski definition) is 7. The molecule has 8 nitrogen and oxygen atoms in total. The van der Waals surface area contributed by atoms with Crippen molar-refractivity contribution < 1.29 is 33.8 Å². The third-order valence-electron chi connectivity index (χ3n) is 8.34. The Balaban J connectivity index is 1.63. The van der Waals surface area contributed by atoms with Gasteiger partial charge >= 0.3 is 6.16 Å². The highest BCUT2D eigenvalue weighted by Gasteiger charge is 2.38. The number of quaternary nitrogens is 1. The van der Waals surface area contributed by atoms with Crippen LogP contribution in [0.1, 0.15) is 101 Å². The van der Waals surface area contributed by atoms with Crippen molar-refractivity contribution in [1.29, 1.82) is 0 Å². The molecule has 1 amide bonds. The number of carbonyl (C=O) groups excluding carboxylic acids is 2. The lowest BCUT2D eigenvalue weighted by Crippen LogP contribution is -3.10. The van der Waals surface area contributed by atoms with Crippen molar-refractivity contribution in [2.45, 2.75) is 103 Å². The summed E-state index contributed by atoms with van der Waals surface area (Å²) in [5, 5.41) is 11.2. The van der Waals surface area contributed by atoms with Crippen LogP contribution < -0.4 is 9.80 Å². The monoisotopic (exact) mass is 563 g/mol. The summed E-state index contributed by atoms with van der Waals surface area (Å²) in [6, 6.07) is 2.19. The summed E-state index contributed by atoms with van der Waals surface area (Å²) in [5.74, 6) is 0.845. The van der Waals surface area contributed by atoms with Crippen LogP contribution in [-0.2, 0) is 19.0 Å². The number of piperidine rings is 1. The molecular weight excluding hydrogens is 516 g/mol. The molecule has 0 radical (unpaired) electrons. The lowest BCUT2D eigenvalue weighted by Gasteiger charge is -2.39. The molecule has 39 heavy (non-hydrogen) atoms. The van der Waals surface area contributed by atoms with E-state index in [1.165, 1.54) is 28.2 Å². The molecule has 2 fully saturated rings. The van der Waals surface area contributed by atoms with Crippen molar-refractivity contribution in [3.8, 4) is 0 Å². The minimum absolute atomic E-state index is 0.00509. The van der Waals surface area contributed by atoms with Gasteiger partial charge in [-0.3, -0.25) is 4.79 Å². The van der Waals surface area contributed by atoms with Gasteiger partial charge in [0.1, 0.15) is 0 Å². The van der Waals surface area contributed by atoms with Crippen molar-refractivity contribution in [3.63, 3.8) is 0 Å². The number of ether oxygens (including phenoxy) is 3. The van der Waals surface area contributed by atoms with E-state index in [2.05, 4.69) is 26.1 Å². The largest absolute Gasteiger partial charge is 0.510 e. The van der Waals surface area contributed by atoms with Gasteiger partial charge in [-0.1, -0.05) is 13.0 Å². The first kappa shape index (κ1) is 30.0. The van der Waals surface area contributed by atoms with Gasteiger partial charge < -0.3 is 29.1 Å². The maximum atomic E-state index is 14.3. The summed E-state index contributed by atoms with van der Waals surface area (Å²) in [6.07, 6.45) is 10.0. The Kier molecular flexibility index (Phi) is 10.9. The molecule has 1 saturated heterocycles. The second-order valence-corrected chi connectivity index (χ2v) is 13.0. The summed E-state index contributed by atoms with van der Waals surface area (Å²) in [6.45, 7) is 7.33. The Morgan fingerprint density at radius 2 is 1.85 bits per heavy atom. The van der Waals surface area contributed by atoms with E-state index in [-0.39, 0.29) is 24.0 Å². The Morgan fingerprint density at radius 1 is 1.13 bits per heavy atom. The quantitative estimate of drug-likeness (QED) is 0.322. The standard InChI is InChI=1S/C30H46N2O6S/c1-20(2)38-30(35)37-19-36-29(34)27-25(18-26(39-27)22-8-6-5-7-9-22)32(24-14-16-31(4)17-15-24)28(33)23-12-10-21(3)11-13-23/h8,18,20-21,23-24,29,34H,5-7,9-17,19H2,1-4H3/p+1. The maximum Gasteiger partial charge on any atom is 0.510 e. The Morgan fingerprint density at radius 3 is 2.49 bits per heavy atom. The molecule has 1 aliphatic heterocycles. The SMILES string of the molecule is CC1CCC(C(=O)N(c2cc(C3=CCCCC3)sc2C(O)OCOC(=O)OC(C)C)C2CC[NH+](C)CC2)CC1. The van der Waals surface area contributed by atoms with Gasteiger partial charge in [0.25, 0.3) is 0 Å². The fourth-order valence-electron chi connectivity index (χ4n) is 5.98. The zero-order valence-corrected chi connectivity index (χ0v) is 24.9. The second-order valence-electron chi connectivity index (χ2n) is 11.9. The minimum atomic E-state index is -1.33. The van der Waals surface area contributed by atoms with Crippen LogP contribution in [0.25, 0.3) is 5.57 Å². The van der Waals surface area contributed by atoms with E-state index >= 15 is 0 Å². The number of rotatable bonds is 9. The lowest BCUT2D eigenvalue weighted by atomic mass is 9.82. The summed E-state index contributed by atoms with van der Waals surface area (Å²) < 4.78 is 15.6. The molecule has 218 valence electrons. The van der Waals surface area contributed by atoms with Crippen molar-refractivity contribution >= 4 is 34.7 Å². The molecule has 2 N–H and O–H groups in total. The molecule has 0 spiro atoms. The summed E-state index contributed by atoms with van der Waals surface area (Å²) in [4.78, 5) is 31.2. The fourth-order valence-corrected chi connectivity index (χ4v) is 7.14. The molecule has 9 heteroatoms. The van der Waals surface area contributed by atoms with Crippen LogP contribution in [0.5, 0.6) is 0 Å². The maximum absolute atomic E-state index is 14.3. The smallest absolute Gasteiger partial charge is 0.432 e. The van der Waals surface area contributed by atoms with Gasteiger partial charge in [-0.2, -0.15) is 0 Å². The normalized spacial score (nSPS) is 26.6. The van der Waals surface area contributed by atoms with E-state index in [1.54, 1.807) is 13.8 Å². The topological polar surface area (TPSA) is 89.7 Å². The Hall–Kier alpha value is -1.94. The van der Waals surface area contributed by atoms with Gasteiger partial charge in [-0.25, -0.2) is 4.79 Å². The Bertz CT molecular complexity index is 992. The van der Waals surface area contributed by atoms with Gasteiger partial charge in [-0.05, 0) is 82.8 Å². The number of aliphatic hydroxyl groups is 1. The fraction of sp³-hybridized carbons (Fsp3) is 0.733. The highest BCUT2D eigenvalue weighted by atomic mass is 32.1. The van der Waals surface area contributed by atoms with Gasteiger partial charge in [0, 0.05) is 29.7 Å². The molecule has 3 aliphatic rings. The summed E-state index contributed by atoms with van der Waals surface area (Å²) in [7, 11) is 2.20. The van der Waals surface area contributed by atoms with Crippen LogP contribution in [0.4, 0.5) is 10.5 Å². The van der Waals surface area contributed by atoms with E-state index in [0.717, 1.165) is 81.4 Å². The molecule has 2 aliphatic carbocycles. The van der Waals surface area contributed by atoms with Crippen LogP contribution in [0.2, 0.25) is 0 Å². The molecule has 1 unspecified atom stereocenters. The third kappa shape index (κ3) is 8.06. The molecule has 2 heterocycles. The van der Waals surface area contributed by atoms with E-state index in [9.17, 15) is 14.7 Å². The third-order valence-corrected chi connectivity index (χ3v) is 9.57. The van der Waals surface area contributed by atoms with Crippen molar-refractivity contribution in [3.05, 3.63) is 21.9 Å². The van der Waals surface area contributed by atoms with Gasteiger partial charge in [-0.15, -0.1) is 11.3 Å². The number of amides is 1. The molecule has 4 rings (SSSR count). The average molecular weight is 564 g/mol. The number of thiophene rings is 1. The summed E-state index contributed by atoms with van der Waals surface area (Å²) >= 11 is 1.49. The van der Waals surface area contributed by atoms with Crippen LogP contribution in [0, 0.1) is 11.8 Å². The molecule has 1 aromatic rings. The number of hydrogen-bond donors (Lipinski definition) is 2. The van der Waals surface area contributed by atoms with E-state index in [1.807, 2.05) is 4.90 Å². The van der Waals surface area contributed by atoms with Crippen LogP contribution in [-0.4, -0.2) is 56.2 Å². The molecular formula is C30H47N2O6S+.